The Morgan fingerprint density at radius 3 is 2.60 bits per heavy atom. The Hall–Kier alpha value is -1.34. The van der Waals surface area contributed by atoms with Crippen molar-refractivity contribution >= 4 is 12.0 Å². The second-order valence-electron chi connectivity index (χ2n) is 5.32. The van der Waals surface area contributed by atoms with Crippen molar-refractivity contribution in [1.29, 1.82) is 0 Å². The minimum Gasteiger partial charge on any atom is -0.479 e. The molecule has 0 aromatic rings. The highest BCUT2D eigenvalue weighted by Gasteiger charge is 2.30. The number of rotatable bonds is 7. The van der Waals surface area contributed by atoms with Gasteiger partial charge in [0.1, 0.15) is 0 Å². The number of aliphatic carboxylic acids is 1. The predicted octanol–water partition coefficient (Wildman–Crippen LogP) is 0.589. The Morgan fingerprint density at radius 2 is 2.10 bits per heavy atom. The summed E-state index contributed by atoms with van der Waals surface area (Å²) in [6.45, 7) is 4.77. The van der Waals surface area contributed by atoms with Crippen LogP contribution >= 0.6 is 0 Å². The maximum Gasteiger partial charge on any atom is 0.332 e. The van der Waals surface area contributed by atoms with E-state index in [1.54, 1.807) is 7.11 Å². The van der Waals surface area contributed by atoms with Crippen LogP contribution < -0.4 is 10.6 Å². The van der Waals surface area contributed by atoms with Crippen molar-refractivity contribution in [3.63, 3.8) is 0 Å². The van der Waals surface area contributed by atoms with Gasteiger partial charge in [0.05, 0.1) is 18.8 Å². The highest BCUT2D eigenvalue weighted by atomic mass is 16.5. The Labute approximate surface area is 119 Å². The average molecular weight is 288 g/mol. The number of carbonyl (C=O) groups is 2. The third kappa shape index (κ3) is 5.34. The number of carbonyl (C=O) groups excluding carboxylic acids is 1. The molecule has 116 valence electrons. The molecule has 0 aromatic heterocycles. The SMILES string of the molecule is COCC(NC(=O)NCC1CCC(C(=O)O)O1)C(C)C. The van der Waals surface area contributed by atoms with E-state index in [-0.39, 0.29) is 24.1 Å². The third-order valence-electron chi connectivity index (χ3n) is 3.34. The first kappa shape index (κ1) is 16.7. The Morgan fingerprint density at radius 1 is 1.40 bits per heavy atom. The molecule has 3 unspecified atom stereocenters. The Balaban J connectivity index is 2.28. The van der Waals surface area contributed by atoms with E-state index in [1.807, 2.05) is 13.8 Å². The number of nitrogens with one attached hydrogen (secondary N) is 2. The summed E-state index contributed by atoms with van der Waals surface area (Å²) in [4.78, 5) is 22.5. The van der Waals surface area contributed by atoms with E-state index in [9.17, 15) is 9.59 Å². The molecule has 7 nitrogen and oxygen atoms in total. The van der Waals surface area contributed by atoms with Crippen LogP contribution in [0.3, 0.4) is 0 Å². The van der Waals surface area contributed by atoms with E-state index in [2.05, 4.69) is 10.6 Å². The number of hydrogen-bond donors (Lipinski definition) is 3. The summed E-state index contributed by atoms with van der Waals surface area (Å²) in [5.41, 5.74) is 0. The lowest BCUT2D eigenvalue weighted by Crippen LogP contribution is -2.48. The van der Waals surface area contributed by atoms with Crippen LogP contribution in [0.1, 0.15) is 26.7 Å². The van der Waals surface area contributed by atoms with Crippen LogP contribution in [-0.4, -0.2) is 55.6 Å². The van der Waals surface area contributed by atoms with Crippen LogP contribution in [0.5, 0.6) is 0 Å². The highest BCUT2D eigenvalue weighted by molar-refractivity contribution is 5.74. The van der Waals surface area contributed by atoms with Crippen LogP contribution in [0.2, 0.25) is 0 Å². The zero-order valence-corrected chi connectivity index (χ0v) is 12.2. The van der Waals surface area contributed by atoms with Crippen molar-refractivity contribution in [3.05, 3.63) is 0 Å². The summed E-state index contributed by atoms with van der Waals surface area (Å²) < 4.78 is 10.4. The molecule has 1 aliphatic heterocycles. The molecule has 0 radical (unpaired) electrons. The summed E-state index contributed by atoms with van der Waals surface area (Å²) in [6.07, 6.45) is 0.147. The molecule has 1 fully saturated rings. The summed E-state index contributed by atoms with van der Waals surface area (Å²) in [7, 11) is 1.59. The quantitative estimate of drug-likeness (QED) is 0.637. The van der Waals surface area contributed by atoms with Crippen LogP contribution in [-0.2, 0) is 14.3 Å². The zero-order valence-electron chi connectivity index (χ0n) is 12.2. The first-order valence-electron chi connectivity index (χ1n) is 6.85. The van der Waals surface area contributed by atoms with E-state index in [0.717, 1.165) is 0 Å². The van der Waals surface area contributed by atoms with Gasteiger partial charge in [-0.05, 0) is 18.8 Å². The molecule has 3 N–H and O–H groups in total. The third-order valence-corrected chi connectivity index (χ3v) is 3.34. The van der Waals surface area contributed by atoms with Gasteiger partial charge in [-0.2, -0.15) is 0 Å². The van der Waals surface area contributed by atoms with Crippen molar-refractivity contribution in [1.82, 2.24) is 10.6 Å². The summed E-state index contributed by atoms with van der Waals surface area (Å²) in [5.74, 6) is -0.684. The fraction of sp³-hybridized carbons (Fsp3) is 0.846. The number of urea groups is 1. The van der Waals surface area contributed by atoms with Gasteiger partial charge < -0.3 is 25.2 Å². The molecule has 0 saturated carbocycles. The van der Waals surface area contributed by atoms with Gasteiger partial charge in [-0.15, -0.1) is 0 Å². The van der Waals surface area contributed by atoms with Gasteiger partial charge >= 0.3 is 12.0 Å². The van der Waals surface area contributed by atoms with Gasteiger partial charge in [0.2, 0.25) is 0 Å². The van der Waals surface area contributed by atoms with E-state index >= 15 is 0 Å². The molecular weight excluding hydrogens is 264 g/mol. The smallest absolute Gasteiger partial charge is 0.332 e. The molecule has 0 bridgehead atoms. The van der Waals surface area contributed by atoms with E-state index < -0.39 is 12.1 Å². The summed E-state index contributed by atoms with van der Waals surface area (Å²) >= 11 is 0. The molecule has 2 amide bonds. The number of amides is 2. The lowest BCUT2D eigenvalue weighted by molar-refractivity contribution is -0.149. The monoisotopic (exact) mass is 288 g/mol. The van der Waals surface area contributed by atoms with Gasteiger partial charge in [0.25, 0.3) is 0 Å². The molecule has 1 saturated heterocycles. The van der Waals surface area contributed by atoms with Crippen molar-refractivity contribution in [2.45, 2.75) is 44.9 Å². The maximum atomic E-state index is 11.8. The molecule has 7 heteroatoms. The second kappa shape index (κ2) is 8.06. The van der Waals surface area contributed by atoms with Crippen molar-refractivity contribution in [2.75, 3.05) is 20.3 Å². The van der Waals surface area contributed by atoms with Gasteiger partial charge in [0, 0.05) is 13.7 Å². The van der Waals surface area contributed by atoms with Gasteiger partial charge in [0.15, 0.2) is 6.10 Å². The van der Waals surface area contributed by atoms with Crippen LogP contribution in [0.4, 0.5) is 4.79 Å². The highest BCUT2D eigenvalue weighted by Crippen LogP contribution is 2.19. The lowest BCUT2D eigenvalue weighted by atomic mass is 10.1. The molecule has 3 atom stereocenters. The lowest BCUT2D eigenvalue weighted by Gasteiger charge is -2.22. The summed E-state index contributed by atoms with van der Waals surface area (Å²) in [6, 6.07) is -0.348. The van der Waals surface area contributed by atoms with Crippen LogP contribution in [0, 0.1) is 5.92 Å². The Bertz CT molecular complexity index is 335. The molecule has 0 aromatic carbocycles. The number of methoxy groups -OCH3 is 1. The van der Waals surface area contributed by atoms with Crippen molar-refractivity contribution in [2.24, 2.45) is 5.92 Å². The molecule has 0 aliphatic carbocycles. The molecule has 20 heavy (non-hydrogen) atoms. The van der Waals surface area contributed by atoms with E-state index in [1.165, 1.54) is 0 Å². The fourth-order valence-corrected chi connectivity index (χ4v) is 2.04. The van der Waals surface area contributed by atoms with Gasteiger partial charge in [-0.1, -0.05) is 13.8 Å². The first-order valence-corrected chi connectivity index (χ1v) is 6.85. The minimum atomic E-state index is -0.947. The van der Waals surface area contributed by atoms with Gasteiger partial charge in [-0.3, -0.25) is 0 Å². The fourth-order valence-electron chi connectivity index (χ4n) is 2.04. The largest absolute Gasteiger partial charge is 0.479 e. The van der Waals surface area contributed by atoms with Gasteiger partial charge in [-0.25, -0.2) is 9.59 Å². The first-order chi connectivity index (χ1) is 9.43. The molecule has 0 spiro atoms. The molecule has 1 aliphatic rings. The average Bonchev–Trinajstić information content (AvgIpc) is 2.84. The molecule has 1 heterocycles. The van der Waals surface area contributed by atoms with E-state index in [4.69, 9.17) is 14.6 Å². The summed E-state index contributed by atoms with van der Waals surface area (Å²) in [5, 5.41) is 14.3. The van der Waals surface area contributed by atoms with Crippen molar-refractivity contribution < 1.29 is 24.2 Å². The van der Waals surface area contributed by atoms with Crippen LogP contribution in [0.25, 0.3) is 0 Å². The molecule has 1 rings (SSSR count). The zero-order chi connectivity index (χ0) is 15.1. The second-order valence-corrected chi connectivity index (χ2v) is 5.32. The number of ether oxygens (including phenoxy) is 2. The minimum absolute atomic E-state index is 0.0590. The number of hydrogen-bond acceptors (Lipinski definition) is 4. The van der Waals surface area contributed by atoms with Crippen molar-refractivity contribution in [3.8, 4) is 0 Å². The Kier molecular flexibility index (Phi) is 6.74. The van der Waals surface area contributed by atoms with Crippen LogP contribution in [0.15, 0.2) is 0 Å². The molecular formula is C13H24N2O5. The van der Waals surface area contributed by atoms with E-state index in [0.29, 0.717) is 26.0 Å². The predicted molar refractivity (Wildman–Crippen MR) is 72.6 cm³/mol. The standard InChI is InChI=1S/C13H24N2O5/c1-8(2)10(7-19-3)15-13(18)14-6-9-4-5-11(20-9)12(16)17/h8-11H,4-7H2,1-3H3,(H,16,17)(H2,14,15,18). The topological polar surface area (TPSA) is 96.9 Å². The maximum absolute atomic E-state index is 11.8. The normalized spacial score (nSPS) is 23.6. The number of carboxylic acid groups (broad SMARTS) is 1. The number of carboxylic acids is 1.